The third kappa shape index (κ3) is 2.22. The molecule has 5 nitrogen and oxygen atoms in total. The molecule has 3 rings (SSSR count). The summed E-state index contributed by atoms with van der Waals surface area (Å²) in [5, 5.41) is 3.80. The van der Waals surface area contributed by atoms with Gasteiger partial charge in [0.2, 0.25) is 5.43 Å². The van der Waals surface area contributed by atoms with Crippen LogP contribution in [0, 0.1) is 6.92 Å². The van der Waals surface area contributed by atoms with Crippen LogP contribution >= 0.6 is 11.8 Å². The first-order valence-electron chi connectivity index (χ1n) is 6.27. The largest absolute Gasteiger partial charge is 0.358 e. The SMILES string of the molecule is Cc1[nH]c2ccccc2c(=O)c1C(=O)NC1=NCCS1. The van der Waals surface area contributed by atoms with Crippen molar-refractivity contribution in [3.05, 3.63) is 45.7 Å². The summed E-state index contributed by atoms with van der Waals surface area (Å²) in [6, 6.07) is 7.17. The van der Waals surface area contributed by atoms with Crippen molar-refractivity contribution < 1.29 is 4.79 Å². The third-order valence-corrected chi connectivity index (χ3v) is 4.02. The highest BCUT2D eigenvalue weighted by molar-refractivity contribution is 8.14. The number of rotatable bonds is 1. The third-order valence-electron chi connectivity index (χ3n) is 3.13. The summed E-state index contributed by atoms with van der Waals surface area (Å²) in [5.41, 5.74) is 1.20. The molecule has 0 saturated carbocycles. The molecule has 0 saturated heterocycles. The fourth-order valence-corrected chi connectivity index (χ4v) is 2.93. The van der Waals surface area contributed by atoms with Crippen LogP contribution in [0.25, 0.3) is 10.9 Å². The first kappa shape index (κ1) is 12.9. The van der Waals surface area contributed by atoms with Gasteiger partial charge in [-0.1, -0.05) is 23.9 Å². The van der Waals surface area contributed by atoms with Crippen molar-refractivity contribution in [3.8, 4) is 0 Å². The lowest BCUT2D eigenvalue weighted by Gasteiger charge is -2.08. The maximum Gasteiger partial charge on any atom is 0.262 e. The summed E-state index contributed by atoms with van der Waals surface area (Å²) in [7, 11) is 0. The number of amidine groups is 1. The molecule has 1 aromatic heterocycles. The predicted octanol–water partition coefficient (Wildman–Crippen LogP) is 1.67. The Kier molecular flexibility index (Phi) is 3.31. The second-order valence-electron chi connectivity index (χ2n) is 4.49. The second kappa shape index (κ2) is 5.13. The van der Waals surface area contributed by atoms with Gasteiger partial charge in [0.1, 0.15) is 5.56 Å². The molecule has 2 heterocycles. The van der Waals surface area contributed by atoms with E-state index in [2.05, 4.69) is 15.3 Å². The van der Waals surface area contributed by atoms with Crippen molar-refractivity contribution in [1.82, 2.24) is 10.3 Å². The van der Waals surface area contributed by atoms with E-state index in [1.54, 1.807) is 19.1 Å². The molecule has 0 aliphatic carbocycles. The van der Waals surface area contributed by atoms with Crippen molar-refractivity contribution >= 4 is 33.7 Å². The Balaban J connectivity index is 2.06. The highest BCUT2D eigenvalue weighted by atomic mass is 32.2. The number of nitrogens with one attached hydrogen (secondary N) is 2. The van der Waals surface area contributed by atoms with Gasteiger partial charge in [-0.2, -0.15) is 0 Å². The fourth-order valence-electron chi connectivity index (χ4n) is 2.20. The molecule has 1 aliphatic rings. The number of H-pyrrole nitrogens is 1. The Hall–Kier alpha value is -2.08. The molecule has 0 radical (unpaired) electrons. The van der Waals surface area contributed by atoms with Crippen molar-refractivity contribution in [2.75, 3.05) is 12.3 Å². The number of pyridine rings is 1. The van der Waals surface area contributed by atoms with Crippen molar-refractivity contribution in [2.45, 2.75) is 6.92 Å². The number of aliphatic imine (C=N–C) groups is 1. The zero-order valence-electron chi connectivity index (χ0n) is 10.9. The smallest absolute Gasteiger partial charge is 0.262 e. The number of hydrogen-bond acceptors (Lipinski definition) is 4. The van der Waals surface area contributed by atoms with Gasteiger partial charge in [0, 0.05) is 22.3 Å². The predicted molar refractivity (Wildman–Crippen MR) is 81.5 cm³/mol. The van der Waals surface area contributed by atoms with Crippen LogP contribution in [0.4, 0.5) is 0 Å². The summed E-state index contributed by atoms with van der Waals surface area (Å²) in [6.45, 7) is 2.43. The van der Waals surface area contributed by atoms with Crippen LogP contribution in [-0.2, 0) is 0 Å². The minimum absolute atomic E-state index is 0.152. The zero-order valence-corrected chi connectivity index (χ0v) is 11.7. The maximum atomic E-state index is 12.4. The average Bonchev–Trinajstić information content (AvgIpc) is 2.91. The van der Waals surface area contributed by atoms with Gasteiger partial charge in [-0.05, 0) is 19.1 Å². The minimum Gasteiger partial charge on any atom is -0.358 e. The van der Waals surface area contributed by atoms with Gasteiger partial charge >= 0.3 is 0 Å². The minimum atomic E-state index is -0.400. The summed E-state index contributed by atoms with van der Waals surface area (Å²) in [6.07, 6.45) is 0. The molecular weight excluding hydrogens is 274 g/mol. The van der Waals surface area contributed by atoms with Gasteiger partial charge in [-0.15, -0.1) is 0 Å². The van der Waals surface area contributed by atoms with Crippen molar-refractivity contribution in [3.63, 3.8) is 0 Å². The van der Waals surface area contributed by atoms with E-state index in [0.29, 0.717) is 22.8 Å². The highest BCUT2D eigenvalue weighted by Gasteiger charge is 2.19. The molecule has 0 atom stereocenters. The molecule has 1 aliphatic heterocycles. The molecule has 102 valence electrons. The lowest BCUT2D eigenvalue weighted by molar-refractivity contribution is 0.0976. The van der Waals surface area contributed by atoms with Gasteiger partial charge in [-0.25, -0.2) is 0 Å². The Bertz CT molecular complexity index is 780. The molecule has 20 heavy (non-hydrogen) atoms. The first-order chi connectivity index (χ1) is 9.66. The van der Waals surface area contributed by atoms with Crippen LogP contribution in [-0.4, -0.2) is 28.4 Å². The van der Waals surface area contributed by atoms with E-state index in [0.717, 1.165) is 11.3 Å². The number of aryl methyl sites for hydroxylation is 1. The number of aromatic nitrogens is 1. The van der Waals surface area contributed by atoms with E-state index >= 15 is 0 Å². The number of thioether (sulfide) groups is 1. The summed E-state index contributed by atoms with van der Waals surface area (Å²) < 4.78 is 0. The van der Waals surface area contributed by atoms with Crippen molar-refractivity contribution in [1.29, 1.82) is 0 Å². The Morgan fingerprint density at radius 1 is 1.40 bits per heavy atom. The fraction of sp³-hybridized carbons (Fsp3) is 0.214. The van der Waals surface area contributed by atoms with Crippen LogP contribution in [0.15, 0.2) is 34.1 Å². The van der Waals surface area contributed by atoms with Crippen LogP contribution in [0.5, 0.6) is 0 Å². The number of hydrogen-bond donors (Lipinski definition) is 2. The lowest BCUT2D eigenvalue weighted by atomic mass is 10.1. The monoisotopic (exact) mass is 287 g/mol. The number of para-hydroxylation sites is 1. The van der Waals surface area contributed by atoms with Gasteiger partial charge in [0.05, 0.1) is 6.54 Å². The molecule has 0 fully saturated rings. The molecule has 2 aromatic rings. The van der Waals surface area contributed by atoms with Crippen LogP contribution < -0.4 is 10.7 Å². The van der Waals surface area contributed by atoms with E-state index in [1.807, 2.05) is 12.1 Å². The van der Waals surface area contributed by atoms with Gasteiger partial charge in [-0.3, -0.25) is 14.6 Å². The second-order valence-corrected chi connectivity index (χ2v) is 5.57. The van der Waals surface area contributed by atoms with Crippen LogP contribution in [0.1, 0.15) is 16.1 Å². The zero-order chi connectivity index (χ0) is 14.1. The van der Waals surface area contributed by atoms with Gasteiger partial charge in [0.25, 0.3) is 5.91 Å². The van der Waals surface area contributed by atoms with E-state index in [1.165, 1.54) is 11.8 Å². The van der Waals surface area contributed by atoms with Gasteiger partial charge in [0.15, 0.2) is 5.17 Å². The molecule has 2 N–H and O–H groups in total. The molecule has 0 spiro atoms. The molecule has 1 aromatic carbocycles. The quantitative estimate of drug-likeness (QED) is 0.838. The maximum absolute atomic E-state index is 12.4. The molecular formula is C14H13N3O2S. The van der Waals surface area contributed by atoms with Gasteiger partial charge < -0.3 is 10.3 Å². The first-order valence-corrected chi connectivity index (χ1v) is 7.25. The molecule has 1 amide bonds. The number of carbonyl (C=O) groups is 1. The molecule has 0 unspecified atom stereocenters. The summed E-state index contributed by atoms with van der Waals surface area (Å²) in [4.78, 5) is 32.0. The molecule has 0 bridgehead atoms. The summed E-state index contributed by atoms with van der Waals surface area (Å²) in [5.74, 6) is 0.463. The topological polar surface area (TPSA) is 74.3 Å². The average molecular weight is 287 g/mol. The number of nitrogens with zero attached hydrogens (tertiary/aromatic N) is 1. The Morgan fingerprint density at radius 2 is 2.20 bits per heavy atom. The van der Waals surface area contributed by atoms with E-state index in [-0.39, 0.29) is 11.0 Å². The standard InChI is InChI=1S/C14H13N3O2S/c1-8-11(13(19)17-14-15-6-7-20-14)12(18)9-4-2-3-5-10(9)16-8/h2-5H,6-7H2,1H3,(H,16,18)(H,15,17,19). The van der Waals surface area contributed by atoms with Crippen molar-refractivity contribution in [2.24, 2.45) is 4.99 Å². The van der Waals surface area contributed by atoms with Crippen LogP contribution in [0.2, 0.25) is 0 Å². The number of fused-ring (bicyclic) bond motifs is 1. The van der Waals surface area contributed by atoms with E-state index < -0.39 is 5.91 Å². The van der Waals surface area contributed by atoms with E-state index in [9.17, 15) is 9.59 Å². The highest BCUT2D eigenvalue weighted by Crippen LogP contribution is 2.13. The number of aromatic amines is 1. The number of carbonyl (C=O) groups excluding carboxylic acids is 1. The summed E-state index contributed by atoms with van der Waals surface area (Å²) >= 11 is 1.49. The van der Waals surface area contributed by atoms with Crippen LogP contribution in [0.3, 0.4) is 0 Å². The lowest BCUT2D eigenvalue weighted by Crippen LogP contribution is -2.32. The normalized spacial score (nSPS) is 14.3. The molecule has 6 heteroatoms. The van der Waals surface area contributed by atoms with E-state index in [4.69, 9.17) is 0 Å². The Labute approximate surface area is 119 Å². The Morgan fingerprint density at radius 3 is 2.95 bits per heavy atom. The number of benzene rings is 1. The number of amides is 1.